The maximum atomic E-state index is 13.0. The number of benzene rings is 3. The lowest BCUT2D eigenvalue weighted by molar-refractivity contribution is 0.0473. The van der Waals surface area contributed by atoms with Gasteiger partial charge < -0.3 is 9.15 Å². The van der Waals surface area contributed by atoms with E-state index in [0.29, 0.717) is 27.8 Å². The SMILES string of the molecule is Cc1c(N=Cc2ccc(-c3ccc(C(=O)OCc4ccccc4Cl)cc3)o2)c(=O)n(-c2ccccc2)n1C. The molecule has 0 N–H and O–H groups in total. The Morgan fingerprint density at radius 2 is 1.68 bits per heavy atom. The number of aliphatic imine (C=N–C) groups is 1. The summed E-state index contributed by atoms with van der Waals surface area (Å²) in [5, 5.41) is 0.553. The summed E-state index contributed by atoms with van der Waals surface area (Å²) < 4.78 is 14.7. The molecule has 2 heterocycles. The van der Waals surface area contributed by atoms with Crippen LogP contribution in [-0.2, 0) is 18.4 Å². The molecule has 7 nitrogen and oxygen atoms in total. The lowest BCUT2D eigenvalue weighted by atomic mass is 10.1. The van der Waals surface area contributed by atoms with E-state index in [2.05, 4.69) is 4.99 Å². The Morgan fingerprint density at radius 1 is 0.974 bits per heavy atom. The molecule has 0 fully saturated rings. The van der Waals surface area contributed by atoms with Crippen LogP contribution in [0.15, 0.2) is 105 Å². The summed E-state index contributed by atoms with van der Waals surface area (Å²) in [7, 11) is 1.82. The molecule has 0 aliphatic heterocycles. The number of halogens is 1. The fourth-order valence-corrected chi connectivity index (χ4v) is 4.21. The van der Waals surface area contributed by atoms with E-state index < -0.39 is 5.97 Å². The second-order valence-electron chi connectivity index (χ2n) is 8.62. The van der Waals surface area contributed by atoms with Crippen LogP contribution in [0.4, 0.5) is 5.69 Å². The first-order chi connectivity index (χ1) is 18.4. The number of aromatic nitrogens is 2. The summed E-state index contributed by atoms with van der Waals surface area (Å²) in [6.07, 6.45) is 1.53. The van der Waals surface area contributed by atoms with Gasteiger partial charge in [0.15, 0.2) is 5.69 Å². The van der Waals surface area contributed by atoms with Gasteiger partial charge in [-0.15, -0.1) is 0 Å². The molecule has 38 heavy (non-hydrogen) atoms. The van der Waals surface area contributed by atoms with Crippen molar-refractivity contribution in [1.82, 2.24) is 9.36 Å². The summed E-state index contributed by atoms with van der Waals surface area (Å²) in [5.41, 5.74) is 3.58. The zero-order valence-corrected chi connectivity index (χ0v) is 21.6. The summed E-state index contributed by atoms with van der Waals surface area (Å²) in [6.45, 7) is 1.94. The first-order valence-corrected chi connectivity index (χ1v) is 12.3. The van der Waals surface area contributed by atoms with Crippen molar-refractivity contribution in [3.8, 4) is 17.0 Å². The smallest absolute Gasteiger partial charge is 0.338 e. The second kappa shape index (κ2) is 10.8. The quantitative estimate of drug-likeness (QED) is 0.179. The first kappa shape index (κ1) is 25.0. The van der Waals surface area contributed by atoms with E-state index in [-0.39, 0.29) is 12.2 Å². The third kappa shape index (κ3) is 5.10. The van der Waals surface area contributed by atoms with Gasteiger partial charge in [0, 0.05) is 23.2 Å². The standard InChI is InChI=1S/C30H24ClN3O4/c1-20-28(29(35)34(33(20)2)24-9-4-3-5-10-24)32-18-25-16-17-27(38-25)21-12-14-22(15-13-21)30(36)37-19-23-8-6-7-11-26(23)31/h3-18H,19H2,1-2H3. The maximum absolute atomic E-state index is 13.0. The minimum atomic E-state index is -0.442. The predicted molar refractivity (Wildman–Crippen MR) is 148 cm³/mol. The summed E-state index contributed by atoms with van der Waals surface area (Å²) >= 11 is 6.12. The van der Waals surface area contributed by atoms with Crippen molar-refractivity contribution in [2.75, 3.05) is 0 Å². The molecule has 0 amide bonds. The molecule has 3 aromatic carbocycles. The third-order valence-electron chi connectivity index (χ3n) is 6.19. The fraction of sp³-hybridized carbons (Fsp3) is 0.100. The van der Waals surface area contributed by atoms with Gasteiger partial charge in [-0.25, -0.2) is 14.5 Å². The summed E-state index contributed by atoms with van der Waals surface area (Å²) in [4.78, 5) is 29.9. The maximum Gasteiger partial charge on any atom is 0.338 e. The van der Waals surface area contributed by atoms with Crippen LogP contribution in [0.25, 0.3) is 17.0 Å². The number of nitrogens with zero attached hydrogens (tertiary/aromatic N) is 3. The Morgan fingerprint density at radius 3 is 2.42 bits per heavy atom. The van der Waals surface area contributed by atoms with Crippen molar-refractivity contribution in [3.05, 3.63) is 129 Å². The van der Waals surface area contributed by atoms with Gasteiger partial charge in [-0.05, 0) is 49.4 Å². The molecule has 0 saturated carbocycles. The molecule has 5 rings (SSSR count). The zero-order valence-electron chi connectivity index (χ0n) is 20.8. The van der Waals surface area contributed by atoms with E-state index in [0.717, 1.165) is 22.5 Å². The molecule has 0 aliphatic carbocycles. The van der Waals surface area contributed by atoms with Crippen LogP contribution in [0, 0.1) is 6.92 Å². The normalized spacial score (nSPS) is 11.2. The van der Waals surface area contributed by atoms with Gasteiger partial charge in [-0.1, -0.05) is 60.1 Å². The highest BCUT2D eigenvalue weighted by Crippen LogP contribution is 2.24. The molecular weight excluding hydrogens is 502 g/mol. The van der Waals surface area contributed by atoms with E-state index in [1.54, 1.807) is 45.8 Å². The molecule has 0 bridgehead atoms. The zero-order chi connectivity index (χ0) is 26.6. The molecule has 5 aromatic rings. The molecule has 0 aliphatic rings. The van der Waals surface area contributed by atoms with Gasteiger partial charge in [-0.3, -0.25) is 9.48 Å². The molecule has 0 atom stereocenters. The van der Waals surface area contributed by atoms with Crippen molar-refractivity contribution in [2.24, 2.45) is 12.0 Å². The largest absolute Gasteiger partial charge is 0.457 e. The Hall–Kier alpha value is -4.62. The number of hydrogen-bond acceptors (Lipinski definition) is 5. The predicted octanol–water partition coefficient (Wildman–Crippen LogP) is 6.51. The van der Waals surface area contributed by atoms with E-state index in [9.17, 15) is 9.59 Å². The van der Waals surface area contributed by atoms with Crippen LogP contribution in [-0.4, -0.2) is 21.5 Å². The third-order valence-corrected chi connectivity index (χ3v) is 6.56. The van der Waals surface area contributed by atoms with Gasteiger partial charge in [0.05, 0.1) is 23.2 Å². The number of hydrogen-bond donors (Lipinski definition) is 0. The van der Waals surface area contributed by atoms with Crippen molar-refractivity contribution >= 4 is 29.5 Å². The van der Waals surface area contributed by atoms with Crippen molar-refractivity contribution < 1.29 is 13.9 Å². The highest BCUT2D eigenvalue weighted by atomic mass is 35.5. The number of ether oxygens (including phenoxy) is 1. The Balaban J connectivity index is 1.29. The summed E-state index contributed by atoms with van der Waals surface area (Å²) in [5.74, 6) is 0.661. The molecule has 0 spiro atoms. The average Bonchev–Trinajstić information content (AvgIpc) is 3.49. The van der Waals surface area contributed by atoms with E-state index in [1.807, 2.05) is 68.6 Å². The Labute approximate surface area is 224 Å². The number of carbonyl (C=O) groups excluding carboxylic acids is 1. The highest BCUT2D eigenvalue weighted by Gasteiger charge is 2.15. The number of esters is 1. The van der Waals surface area contributed by atoms with Crippen molar-refractivity contribution in [3.63, 3.8) is 0 Å². The molecular formula is C30H24ClN3O4. The molecule has 0 radical (unpaired) electrons. The van der Waals surface area contributed by atoms with Crippen LogP contribution in [0.5, 0.6) is 0 Å². The Bertz CT molecular complexity index is 1680. The van der Waals surface area contributed by atoms with Crippen LogP contribution in [0.2, 0.25) is 5.02 Å². The van der Waals surface area contributed by atoms with Gasteiger partial charge >= 0.3 is 5.97 Å². The number of carbonyl (C=O) groups is 1. The van der Waals surface area contributed by atoms with Gasteiger partial charge in [0.2, 0.25) is 0 Å². The minimum Gasteiger partial charge on any atom is -0.457 e. The molecule has 0 unspecified atom stereocenters. The number of furan rings is 1. The fourth-order valence-electron chi connectivity index (χ4n) is 4.02. The molecule has 2 aromatic heterocycles. The minimum absolute atomic E-state index is 0.0957. The molecule has 8 heteroatoms. The van der Waals surface area contributed by atoms with Crippen LogP contribution in [0.3, 0.4) is 0 Å². The molecule has 190 valence electrons. The van der Waals surface area contributed by atoms with Crippen LogP contribution < -0.4 is 5.56 Å². The van der Waals surface area contributed by atoms with E-state index in [1.165, 1.54) is 6.21 Å². The second-order valence-corrected chi connectivity index (χ2v) is 9.02. The monoisotopic (exact) mass is 525 g/mol. The number of para-hydroxylation sites is 1. The van der Waals surface area contributed by atoms with Gasteiger partial charge in [0.1, 0.15) is 18.1 Å². The van der Waals surface area contributed by atoms with Gasteiger partial charge in [-0.2, -0.15) is 0 Å². The average molecular weight is 526 g/mol. The summed E-state index contributed by atoms with van der Waals surface area (Å²) in [6, 6.07) is 27.2. The van der Waals surface area contributed by atoms with Crippen LogP contribution >= 0.6 is 11.6 Å². The Kier molecular flexibility index (Phi) is 7.11. The topological polar surface area (TPSA) is 78.7 Å². The molecule has 0 saturated heterocycles. The lowest BCUT2D eigenvalue weighted by Crippen LogP contribution is -2.19. The van der Waals surface area contributed by atoms with Crippen molar-refractivity contribution in [1.29, 1.82) is 0 Å². The highest BCUT2D eigenvalue weighted by molar-refractivity contribution is 6.31. The van der Waals surface area contributed by atoms with E-state index >= 15 is 0 Å². The number of rotatable bonds is 7. The van der Waals surface area contributed by atoms with E-state index in [4.69, 9.17) is 20.8 Å². The van der Waals surface area contributed by atoms with Crippen molar-refractivity contribution in [2.45, 2.75) is 13.5 Å². The van der Waals surface area contributed by atoms with Crippen LogP contribution in [0.1, 0.15) is 27.4 Å². The lowest BCUT2D eigenvalue weighted by Gasteiger charge is -2.07. The first-order valence-electron chi connectivity index (χ1n) is 11.9. The van der Waals surface area contributed by atoms with Gasteiger partial charge in [0.25, 0.3) is 5.56 Å².